The first-order valence-electron chi connectivity index (χ1n) is 5.70. The maximum atomic E-state index is 11.7. The van der Waals surface area contributed by atoms with E-state index in [1.54, 1.807) is 48.8 Å². The van der Waals surface area contributed by atoms with Crippen LogP contribution in [0.15, 0.2) is 75.1 Å². The summed E-state index contributed by atoms with van der Waals surface area (Å²) in [5.41, 5.74) is 1.33. The fourth-order valence-corrected chi connectivity index (χ4v) is 1.87. The number of pyridine rings is 1. The summed E-state index contributed by atoms with van der Waals surface area (Å²) in [6.45, 7) is 0. The van der Waals surface area contributed by atoms with E-state index in [4.69, 9.17) is 4.42 Å². The van der Waals surface area contributed by atoms with Crippen molar-refractivity contribution in [2.45, 2.75) is 0 Å². The maximum absolute atomic E-state index is 11.7. The van der Waals surface area contributed by atoms with Crippen molar-refractivity contribution < 1.29 is 4.42 Å². The zero-order chi connectivity index (χ0) is 13.2. The van der Waals surface area contributed by atoms with Crippen molar-refractivity contribution in [1.29, 1.82) is 0 Å². The molecule has 0 radical (unpaired) electrons. The molecular formula is C14H10N2O3. The van der Waals surface area contributed by atoms with Gasteiger partial charge >= 0.3 is 5.76 Å². The second-order valence-electron chi connectivity index (χ2n) is 3.96. The molecule has 2 aromatic heterocycles. The Morgan fingerprint density at radius 3 is 2.05 bits per heavy atom. The molecule has 3 rings (SSSR count). The van der Waals surface area contributed by atoms with Gasteiger partial charge in [-0.3, -0.25) is 9.36 Å². The van der Waals surface area contributed by atoms with Gasteiger partial charge in [0, 0.05) is 18.0 Å². The van der Waals surface area contributed by atoms with Crippen molar-refractivity contribution in [3.8, 4) is 11.4 Å². The smallest absolute Gasteiger partial charge is 0.416 e. The van der Waals surface area contributed by atoms with E-state index in [-0.39, 0.29) is 5.56 Å². The predicted molar refractivity (Wildman–Crippen MR) is 69.9 cm³/mol. The van der Waals surface area contributed by atoms with E-state index in [9.17, 15) is 9.59 Å². The van der Waals surface area contributed by atoms with Gasteiger partial charge in [0.1, 0.15) is 6.26 Å². The van der Waals surface area contributed by atoms with Crippen LogP contribution in [0, 0.1) is 0 Å². The lowest BCUT2D eigenvalue weighted by molar-refractivity contribution is 0.504. The van der Waals surface area contributed by atoms with Crippen molar-refractivity contribution in [3.63, 3.8) is 0 Å². The standard InChI is InChI=1S/C14H10N2O3/c17-13-3-1-2-8-15(13)11-4-6-12(7-5-11)16-9-10-19-14(16)18/h1-10H. The van der Waals surface area contributed by atoms with E-state index in [0.717, 1.165) is 5.69 Å². The van der Waals surface area contributed by atoms with Gasteiger partial charge in [0.25, 0.3) is 5.56 Å². The van der Waals surface area contributed by atoms with Crippen molar-refractivity contribution in [1.82, 2.24) is 9.13 Å². The van der Waals surface area contributed by atoms with E-state index in [1.807, 2.05) is 0 Å². The highest BCUT2D eigenvalue weighted by Crippen LogP contribution is 2.10. The molecule has 0 aliphatic heterocycles. The number of oxazole rings is 1. The molecule has 0 amide bonds. The van der Waals surface area contributed by atoms with Gasteiger partial charge in [0.15, 0.2) is 0 Å². The molecule has 3 aromatic rings. The van der Waals surface area contributed by atoms with Gasteiger partial charge < -0.3 is 4.42 Å². The van der Waals surface area contributed by atoms with E-state index in [2.05, 4.69) is 0 Å². The molecule has 0 N–H and O–H groups in total. The molecule has 0 aliphatic carbocycles. The Hall–Kier alpha value is -2.82. The summed E-state index contributed by atoms with van der Waals surface area (Å²) >= 11 is 0. The predicted octanol–water partition coefficient (Wildman–Crippen LogP) is 1.58. The molecule has 0 saturated heterocycles. The number of hydrogen-bond donors (Lipinski definition) is 0. The molecule has 94 valence electrons. The molecule has 0 fully saturated rings. The molecular weight excluding hydrogens is 244 g/mol. The third-order valence-corrected chi connectivity index (χ3v) is 2.80. The fourth-order valence-electron chi connectivity index (χ4n) is 1.87. The third kappa shape index (κ3) is 2.01. The Bertz CT molecular complexity index is 809. The summed E-state index contributed by atoms with van der Waals surface area (Å²) in [5.74, 6) is -0.440. The molecule has 2 heterocycles. The Morgan fingerprint density at radius 2 is 1.47 bits per heavy atom. The Kier molecular flexibility index (Phi) is 2.64. The van der Waals surface area contributed by atoms with Crippen LogP contribution in [0.1, 0.15) is 0 Å². The van der Waals surface area contributed by atoms with Crippen LogP contribution in [0.3, 0.4) is 0 Å². The molecule has 0 aliphatic rings. The lowest BCUT2D eigenvalue weighted by Crippen LogP contribution is -2.16. The van der Waals surface area contributed by atoms with Crippen LogP contribution < -0.4 is 11.3 Å². The largest absolute Gasteiger partial charge is 0.423 e. The van der Waals surface area contributed by atoms with Crippen LogP contribution in [0.25, 0.3) is 11.4 Å². The van der Waals surface area contributed by atoms with Crippen LogP contribution in [0.2, 0.25) is 0 Å². The molecule has 0 atom stereocenters. The van der Waals surface area contributed by atoms with Gasteiger partial charge in [-0.15, -0.1) is 0 Å². The zero-order valence-electron chi connectivity index (χ0n) is 9.89. The van der Waals surface area contributed by atoms with Crippen LogP contribution in [-0.4, -0.2) is 9.13 Å². The van der Waals surface area contributed by atoms with Crippen LogP contribution in [0.5, 0.6) is 0 Å². The Balaban J connectivity index is 2.05. The molecule has 1 aromatic carbocycles. The lowest BCUT2D eigenvalue weighted by Gasteiger charge is -2.06. The van der Waals surface area contributed by atoms with Crippen molar-refractivity contribution in [3.05, 3.63) is 82.0 Å². The van der Waals surface area contributed by atoms with E-state index in [0.29, 0.717) is 5.69 Å². The summed E-state index contributed by atoms with van der Waals surface area (Å²) in [6, 6.07) is 12.0. The number of nitrogens with zero attached hydrogens (tertiary/aromatic N) is 2. The van der Waals surface area contributed by atoms with Crippen molar-refractivity contribution in [2.75, 3.05) is 0 Å². The minimum Gasteiger partial charge on any atom is -0.416 e. The second-order valence-corrected chi connectivity index (χ2v) is 3.96. The van der Waals surface area contributed by atoms with E-state index < -0.39 is 5.76 Å². The third-order valence-electron chi connectivity index (χ3n) is 2.80. The van der Waals surface area contributed by atoms with Crippen LogP contribution in [0.4, 0.5) is 0 Å². The molecule has 0 bridgehead atoms. The minimum atomic E-state index is -0.440. The summed E-state index contributed by atoms with van der Waals surface area (Å²) < 4.78 is 7.62. The minimum absolute atomic E-state index is 0.101. The highest BCUT2D eigenvalue weighted by molar-refractivity contribution is 5.41. The average Bonchev–Trinajstić information content (AvgIpc) is 2.86. The first kappa shape index (κ1) is 11.3. The summed E-state index contributed by atoms with van der Waals surface area (Å²) in [5, 5.41) is 0. The zero-order valence-corrected chi connectivity index (χ0v) is 9.89. The molecule has 19 heavy (non-hydrogen) atoms. The summed E-state index contributed by atoms with van der Waals surface area (Å²) in [6.07, 6.45) is 4.57. The van der Waals surface area contributed by atoms with Crippen LogP contribution in [-0.2, 0) is 0 Å². The number of rotatable bonds is 2. The van der Waals surface area contributed by atoms with E-state index >= 15 is 0 Å². The van der Waals surface area contributed by atoms with Crippen LogP contribution >= 0.6 is 0 Å². The first-order chi connectivity index (χ1) is 9.25. The SMILES string of the molecule is O=c1ccccn1-c1ccc(-n2ccoc2=O)cc1. The topological polar surface area (TPSA) is 57.1 Å². The molecule has 5 nitrogen and oxygen atoms in total. The van der Waals surface area contributed by atoms with Gasteiger partial charge in [-0.05, 0) is 30.3 Å². The molecule has 0 unspecified atom stereocenters. The highest BCUT2D eigenvalue weighted by atomic mass is 16.4. The summed E-state index contributed by atoms with van der Waals surface area (Å²) in [7, 11) is 0. The fraction of sp³-hybridized carbons (Fsp3) is 0. The van der Waals surface area contributed by atoms with Crippen molar-refractivity contribution >= 4 is 0 Å². The quantitative estimate of drug-likeness (QED) is 0.697. The van der Waals surface area contributed by atoms with Gasteiger partial charge in [0.05, 0.1) is 11.9 Å². The van der Waals surface area contributed by atoms with Gasteiger partial charge in [-0.1, -0.05) is 6.07 Å². The average molecular weight is 254 g/mol. The van der Waals surface area contributed by atoms with E-state index in [1.165, 1.54) is 21.5 Å². The molecule has 0 spiro atoms. The Labute approximate surface area is 108 Å². The normalized spacial score (nSPS) is 10.5. The second kappa shape index (κ2) is 4.45. The monoisotopic (exact) mass is 254 g/mol. The Morgan fingerprint density at radius 1 is 0.789 bits per heavy atom. The maximum Gasteiger partial charge on any atom is 0.423 e. The molecule has 0 saturated carbocycles. The van der Waals surface area contributed by atoms with Gasteiger partial charge in [-0.25, -0.2) is 9.36 Å². The number of benzene rings is 1. The highest BCUT2D eigenvalue weighted by Gasteiger charge is 2.03. The number of aromatic nitrogens is 2. The van der Waals surface area contributed by atoms with Gasteiger partial charge in [-0.2, -0.15) is 0 Å². The lowest BCUT2D eigenvalue weighted by atomic mass is 10.2. The first-order valence-corrected chi connectivity index (χ1v) is 5.70. The van der Waals surface area contributed by atoms with Crippen molar-refractivity contribution in [2.24, 2.45) is 0 Å². The molecule has 5 heteroatoms. The van der Waals surface area contributed by atoms with Gasteiger partial charge in [0.2, 0.25) is 0 Å². The summed E-state index contributed by atoms with van der Waals surface area (Å²) in [4.78, 5) is 23.0. The number of hydrogen-bond acceptors (Lipinski definition) is 3.